The second-order valence-electron chi connectivity index (χ2n) is 5.87. The Balaban J connectivity index is 1.65. The van der Waals surface area contributed by atoms with Crippen molar-refractivity contribution in [2.75, 3.05) is 13.1 Å². The molecule has 2 unspecified atom stereocenters. The predicted octanol–water partition coefficient (Wildman–Crippen LogP) is 2.01. The van der Waals surface area contributed by atoms with Crippen LogP contribution in [0.5, 0.6) is 5.75 Å². The maximum absolute atomic E-state index is 13.3. The molecule has 7 heteroatoms. The molecule has 1 aliphatic carbocycles. The number of hydrogen-bond donors (Lipinski definition) is 1. The summed E-state index contributed by atoms with van der Waals surface area (Å²) in [6, 6.07) is 0. The second kappa shape index (κ2) is 5.31. The zero-order chi connectivity index (χ0) is 15.3. The van der Waals surface area contributed by atoms with Crippen LogP contribution in [0.2, 0.25) is 0 Å². The number of halogens is 2. The van der Waals surface area contributed by atoms with E-state index >= 15 is 0 Å². The van der Waals surface area contributed by atoms with Crippen LogP contribution in [-0.4, -0.2) is 40.2 Å². The van der Waals surface area contributed by atoms with E-state index in [1.54, 1.807) is 0 Å². The quantitative estimate of drug-likeness (QED) is 0.868. The van der Waals surface area contributed by atoms with E-state index in [0.29, 0.717) is 43.3 Å². The maximum atomic E-state index is 13.3. The van der Waals surface area contributed by atoms with Crippen molar-refractivity contribution < 1.29 is 9.13 Å². The van der Waals surface area contributed by atoms with E-state index < -0.39 is 6.17 Å². The molecule has 22 heavy (non-hydrogen) atoms. The number of likely N-dealkylation sites (tertiary alicyclic amines) is 1. The van der Waals surface area contributed by atoms with Gasteiger partial charge in [-0.05, 0) is 18.6 Å². The van der Waals surface area contributed by atoms with Gasteiger partial charge in [0, 0.05) is 17.6 Å². The number of fused-ring (bicyclic) bond motifs is 3. The van der Waals surface area contributed by atoms with Crippen molar-refractivity contribution in [2.45, 2.75) is 31.2 Å². The highest BCUT2D eigenvalue weighted by atomic mass is 79.9. The van der Waals surface area contributed by atoms with E-state index in [-0.39, 0.29) is 17.6 Å². The number of rotatable bonds is 2. The average molecular weight is 368 g/mol. The third-order valence-corrected chi connectivity index (χ3v) is 4.78. The summed E-state index contributed by atoms with van der Waals surface area (Å²) in [5, 5.41) is 0. The molecule has 1 N–H and O–H groups in total. The number of alkyl halides is 1. The Morgan fingerprint density at radius 2 is 2.41 bits per heavy atom. The molecule has 3 heterocycles. The van der Waals surface area contributed by atoms with Gasteiger partial charge in [-0.3, -0.25) is 9.69 Å². The molecule has 1 aromatic heterocycles. The van der Waals surface area contributed by atoms with E-state index in [1.807, 2.05) is 23.1 Å². The van der Waals surface area contributed by atoms with Gasteiger partial charge < -0.3 is 9.72 Å². The van der Waals surface area contributed by atoms with E-state index in [2.05, 4.69) is 25.9 Å². The van der Waals surface area contributed by atoms with Crippen LogP contribution in [0.25, 0.3) is 0 Å². The fourth-order valence-corrected chi connectivity index (χ4v) is 3.63. The molecule has 0 spiro atoms. The molecule has 1 fully saturated rings. The summed E-state index contributed by atoms with van der Waals surface area (Å²) >= 11 is 3.45. The van der Waals surface area contributed by atoms with Crippen LogP contribution in [0, 0.1) is 0 Å². The summed E-state index contributed by atoms with van der Waals surface area (Å²) in [4.78, 5) is 21.5. The minimum Gasteiger partial charge on any atom is -0.478 e. The van der Waals surface area contributed by atoms with Crippen molar-refractivity contribution in [3.8, 4) is 5.75 Å². The zero-order valence-corrected chi connectivity index (χ0v) is 13.3. The number of hydrogen-bond acceptors (Lipinski definition) is 4. The van der Waals surface area contributed by atoms with E-state index in [9.17, 15) is 9.18 Å². The van der Waals surface area contributed by atoms with Crippen LogP contribution in [0.15, 0.2) is 27.5 Å². The van der Waals surface area contributed by atoms with Crippen molar-refractivity contribution in [3.05, 3.63) is 44.6 Å². The van der Waals surface area contributed by atoms with Gasteiger partial charge in [-0.25, -0.2) is 9.37 Å². The molecular formula is C15H15BrFN3O2. The Labute approximate surface area is 135 Å². The minimum absolute atomic E-state index is 0.0528. The topological polar surface area (TPSA) is 58.2 Å². The molecule has 0 amide bonds. The Morgan fingerprint density at radius 1 is 1.55 bits per heavy atom. The molecule has 2 aliphatic heterocycles. The lowest BCUT2D eigenvalue weighted by Gasteiger charge is -2.16. The van der Waals surface area contributed by atoms with Gasteiger partial charge in [-0.1, -0.05) is 22.0 Å². The zero-order valence-electron chi connectivity index (χ0n) is 11.8. The van der Waals surface area contributed by atoms with E-state index in [1.165, 1.54) is 0 Å². The first-order chi connectivity index (χ1) is 10.6. The molecule has 0 radical (unpaired) electrons. The molecule has 0 saturated carbocycles. The van der Waals surface area contributed by atoms with E-state index in [0.717, 1.165) is 4.48 Å². The highest BCUT2D eigenvalue weighted by Crippen LogP contribution is 2.39. The van der Waals surface area contributed by atoms with Crippen LogP contribution in [-0.2, 0) is 6.54 Å². The Hall–Kier alpha value is -1.47. The van der Waals surface area contributed by atoms with Gasteiger partial charge in [0.05, 0.1) is 12.5 Å². The summed E-state index contributed by atoms with van der Waals surface area (Å²) in [5.74, 6) is 0.816. The van der Waals surface area contributed by atoms with Crippen LogP contribution in [0.4, 0.5) is 4.39 Å². The molecule has 0 aromatic carbocycles. The highest BCUT2D eigenvalue weighted by molar-refractivity contribution is 9.11. The molecule has 1 aromatic rings. The molecule has 1 saturated heterocycles. The number of H-pyrrole nitrogens is 1. The third kappa shape index (κ3) is 2.42. The normalized spacial score (nSPS) is 29.9. The molecule has 3 atom stereocenters. The number of allylic oxidation sites excluding steroid dienone is 2. The monoisotopic (exact) mass is 367 g/mol. The standard InChI is InChI=1S/C15H15BrFN3O2/c16-8-1-2-11-10(5-8)13-14(22-11)15(21)19-12(18-13)7-20-4-3-9(17)6-20/h1-2,5,9-11H,3-4,6-7H2,(H,18,19,21)/t9-,10?,11?/m1/s1. The fraction of sp³-hybridized carbons (Fsp3) is 0.467. The second-order valence-corrected chi connectivity index (χ2v) is 6.78. The molecule has 0 bridgehead atoms. The molecule has 5 nitrogen and oxygen atoms in total. The molecular weight excluding hydrogens is 353 g/mol. The van der Waals surface area contributed by atoms with Crippen LogP contribution in [0.1, 0.15) is 23.9 Å². The third-order valence-electron chi connectivity index (χ3n) is 4.25. The first-order valence-corrected chi connectivity index (χ1v) is 8.11. The molecule has 3 aliphatic rings. The van der Waals surface area contributed by atoms with Gasteiger partial charge in [0.2, 0.25) is 5.75 Å². The van der Waals surface area contributed by atoms with Crippen LogP contribution in [0.3, 0.4) is 0 Å². The number of aromatic nitrogens is 2. The number of nitrogens with zero attached hydrogens (tertiary/aromatic N) is 2. The Bertz CT molecular complexity index is 730. The Morgan fingerprint density at radius 3 is 3.18 bits per heavy atom. The van der Waals surface area contributed by atoms with Gasteiger partial charge >= 0.3 is 0 Å². The number of nitrogens with one attached hydrogen (secondary N) is 1. The minimum atomic E-state index is -0.781. The van der Waals surface area contributed by atoms with Crippen molar-refractivity contribution in [1.82, 2.24) is 14.9 Å². The molecule has 4 rings (SSSR count). The summed E-state index contributed by atoms with van der Waals surface area (Å²) in [6.45, 7) is 1.55. The SMILES string of the molecule is O=c1[nH]c(CN2CC[C@@H](F)C2)nc2c1OC1C=CC(Br)=CC21. The first-order valence-electron chi connectivity index (χ1n) is 7.32. The van der Waals surface area contributed by atoms with Gasteiger partial charge in [0.15, 0.2) is 0 Å². The number of ether oxygens (including phenoxy) is 1. The van der Waals surface area contributed by atoms with Gasteiger partial charge in [0.1, 0.15) is 23.8 Å². The van der Waals surface area contributed by atoms with Crippen molar-refractivity contribution >= 4 is 15.9 Å². The van der Waals surface area contributed by atoms with Crippen LogP contribution >= 0.6 is 15.9 Å². The fourth-order valence-electron chi connectivity index (χ4n) is 3.20. The van der Waals surface area contributed by atoms with Crippen molar-refractivity contribution in [3.63, 3.8) is 0 Å². The summed E-state index contributed by atoms with van der Waals surface area (Å²) in [7, 11) is 0. The van der Waals surface area contributed by atoms with Gasteiger partial charge in [0.25, 0.3) is 5.56 Å². The van der Waals surface area contributed by atoms with E-state index in [4.69, 9.17) is 4.74 Å². The highest BCUT2D eigenvalue weighted by Gasteiger charge is 2.37. The summed E-state index contributed by atoms with van der Waals surface area (Å²) in [6.07, 6.45) is 5.42. The number of aromatic amines is 1. The lowest BCUT2D eigenvalue weighted by molar-refractivity contribution is 0.265. The Kier molecular flexibility index (Phi) is 3.41. The van der Waals surface area contributed by atoms with Gasteiger partial charge in [-0.2, -0.15) is 0 Å². The van der Waals surface area contributed by atoms with Crippen molar-refractivity contribution in [1.29, 1.82) is 0 Å². The van der Waals surface area contributed by atoms with Gasteiger partial charge in [-0.15, -0.1) is 0 Å². The lowest BCUT2D eigenvalue weighted by Crippen LogP contribution is -2.24. The predicted molar refractivity (Wildman–Crippen MR) is 83.0 cm³/mol. The largest absolute Gasteiger partial charge is 0.478 e. The maximum Gasteiger partial charge on any atom is 0.293 e. The smallest absolute Gasteiger partial charge is 0.293 e. The van der Waals surface area contributed by atoms with Crippen LogP contribution < -0.4 is 10.3 Å². The first kappa shape index (κ1) is 14.1. The summed E-state index contributed by atoms with van der Waals surface area (Å²) in [5.41, 5.74) is 0.407. The average Bonchev–Trinajstić information content (AvgIpc) is 3.03. The molecule has 116 valence electrons. The van der Waals surface area contributed by atoms with Crippen molar-refractivity contribution in [2.24, 2.45) is 0 Å². The summed E-state index contributed by atoms with van der Waals surface area (Å²) < 4.78 is 19.9. The lowest BCUT2D eigenvalue weighted by atomic mass is 9.96.